The van der Waals surface area contributed by atoms with E-state index in [1.165, 1.54) is 37.9 Å². The van der Waals surface area contributed by atoms with Gasteiger partial charge in [0.15, 0.2) is 0 Å². The number of nitrogens with zero attached hydrogens (tertiary/aromatic N) is 2. The molecule has 2 aromatic rings. The van der Waals surface area contributed by atoms with Crippen molar-refractivity contribution >= 4 is 22.9 Å². The molecule has 0 aliphatic carbocycles. The molecule has 0 radical (unpaired) electrons. The van der Waals surface area contributed by atoms with Gasteiger partial charge in [-0.25, -0.2) is 4.98 Å². The number of hydrogen-bond acceptors (Lipinski definition) is 4. The van der Waals surface area contributed by atoms with Crippen LogP contribution in [0.4, 0.5) is 5.69 Å². The molecule has 0 atom stereocenters. The SMILES string of the molecule is Cc1nc(C)c(CC(=O)Nc2cccc(CN3CCCCC3)c2)s1. The highest BCUT2D eigenvalue weighted by Crippen LogP contribution is 2.19. The molecule has 1 aromatic carbocycles. The summed E-state index contributed by atoms with van der Waals surface area (Å²) in [6.45, 7) is 7.27. The molecule has 0 spiro atoms. The van der Waals surface area contributed by atoms with Gasteiger partial charge in [0.05, 0.1) is 17.1 Å². The van der Waals surface area contributed by atoms with E-state index >= 15 is 0 Å². The third kappa shape index (κ3) is 4.65. The number of nitrogens with one attached hydrogen (secondary N) is 1. The molecule has 24 heavy (non-hydrogen) atoms. The van der Waals surface area contributed by atoms with Gasteiger partial charge < -0.3 is 5.32 Å². The van der Waals surface area contributed by atoms with Gasteiger partial charge in [-0.3, -0.25) is 9.69 Å². The normalized spacial score (nSPS) is 15.4. The summed E-state index contributed by atoms with van der Waals surface area (Å²) in [5.41, 5.74) is 3.11. The Labute approximate surface area is 147 Å². The quantitative estimate of drug-likeness (QED) is 0.895. The van der Waals surface area contributed by atoms with Crippen LogP contribution in [0.5, 0.6) is 0 Å². The van der Waals surface area contributed by atoms with E-state index < -0.39 is 0 Å². The van der Waals surface area contributed by atoms with Gasteiger partial charge in [-0.15, -0.1) is 11.3 Å². The van der Waals surface area contributed by atoms with Crippen molar-refractivity contribution in [1.29, 1.82) is 0 Å². The van der Waals surface area contributed by atoms with Crippen molar-refractivity contribution in [3.05, 3.63) is 45.4 Å². The molecule has 0 saturated carbocycles. The van der Waals surface area contributed by atoms with Gasteiger partial charge in [-0.2, -0.15) is 0 Å². The van der Waals surface area contributed by atoms with Gasteiger partial charge in [0.2, 0.25) is 5.91 Å². The summed E-state index contributed by atoms with van der Waals surface area (Å²) in [4.78, 5) is 20.2. The van der Waals surface area contributed by atoms with Crippen LogP contribution in [0.25, 0.3) is 0 Å². The molecule has 0 unspecified atom stereocenters. The monoisotopic (exact) mass is 343 g/mol. The Kier molecular flexibility index (Phi) is 5.63. The second-order valence-corrected chi connectivity index (χ2v) is 7.79. The lowest BCUT2D eigenvalue weighted by atomic mass is 10.1. The first-order valence-electron chi connectivity index (χ1n) is 8.64. The standard InChI is InChI=1S/C19H25N3OS/c1-14-18(24-15(2)20-14)12-19(23)21-17-8-6-7-16(11-17)13-22-9-4-3-5-10-22/h6-8,11H,3-5,9-10,12-13H2,1-2H3,(H,21,23). The number of anilines is 1. The summed E-state index contributed by atoms with van der Waals surface area (Å²) in [6, 6.07) is 8.22. The Hall–Kier alpha value is -1.72. The minimum Gasteiger partial charge on any atom is -0.326 e. The van der Waals surface area contributed by atoms with E-state index in [1.54, 1.807) is 11.3 Å². The van der Waals surface area contributed by atoms with Crippen molar-refractivity contribution in [3.8, 4) is 0 Å². The molecule has 1 saturated heterocycles. The number of aryl methyl sites for hydroxylation is 2. The zero-order valence-corrected chi connectivity index (χ0v) is 15.3. The Morgan fingerprint density at radius 1 is 1.25 bits per heavy atom. The van der Waals surface area contributed by atoms with Crippen molar-refractivity contribution < 1.29 is 4.79 Å². The van der Waals surface area contributed by atoms with Crippen LogP contribution in [0, 0.1) is 13.8 Å². The van der Waals surface area contributed by atoms with E-state index in [4.69, 9.17) is 0 Å². The fraction of sp³-hybridized carbons (Fsp3) is 0.474. The third-order valence-electron chi connectivity index (χ3n) is 4.39. The van der Waals surface area contributed by atoms with Crippen LogP contribution in [-0.4, -0.2) is 28.9 Å². The molecule has 1 fully saturated rings. The molecule has 2 heterocycles. The number of likely N-dealkylation sites (tertiary alicyclic amines) is 1. The number of rotatable bonds is 5. The molecule has 1 aliphatic rings. The molecule has 0 bridgehead atoms. The third-order valence-corrected chi connectivity index (χ3v) is 5.46. The number of amides is 1. The predicted molar refractivity (Wildman–Crippen MR) is 99.5 cm³/mol. The van der Waals surface area contributed by atoms with Gasteiger partial charge in [0.25, 0.3) is 0 Å². The van der Waals surface area contributed by atoms with Gasteiger partial charge in [0.1, 0.15) is 0 Å². The van der Waals surface area contributed by atoms with Gasteiger partial charge >= 0.3 is 0 Å². The second-order valence-electron chi connectivity index (χ2n) is 6.50. The number of hydrogen-bond donors (Lipinski definition) is 1. The molecule has 1 aliphatic heterocycles. The maximum atomic E-state index is 12.3. The number of thiazole rings is 1. The Bertz CT molecular complexity index is 704. The fourth-order valence-electron chi connectivity index (χ4n) is 3.21. The first-order valence-corrected chi connectivity index (χ1v) is 9.46. The molecule has 1 amide bonds. The minimum absolute atomic E-state index is 0.0249. The highest BCUT2D eigenvalue weighted by molar-refractivity contribution is 7.11. The van der Waals surface area contributed by atoms with E-state index in [9.17, 15) is 4.79 Å². The van der Waals surface area contributed by atoms with Crippen molar-refractivity contribution in [2.24, 2.45) is 0 Å². The van der Waals surface area contributed by atoms with Crippen molar-refractivity contribution in [2.75, 3.05) is 18.4 Å². The van der Waals surface area contributed by atoms with Gasteiger partial charge in [0, 0.05) is 17.1 Å². The molecule has 5 heteroatoms. The van der Waals surface area contributed by atoms with Crippen LogP contribution < -0.4 is 5.32 Å². The average Bonchev–Trinajstić information content (AvgIpc) is 2.86. The Morgan fingerprint density at radius 3 is 2.75 bits per heavy atom. The van der Waals surface area contributed by atoms with Crippen LogP contribution in [-0.2, 0) is 17.8 Å². The zero-order chi connectivity index (χ0) is 16.9. The van der Waals surface area contributed by atoms with Gasteiger partial charge in [-0.1, -0.05) is 18.6 Å². The van der Waals surface area contributed by atoms with Crippen molar-refractivity contribution in [1.82, 2.24) is 9.88 Å². The van der Waals surface area contributed by atoms with E-state index in [0.29, 0.717) is 6.42 Å². The van der Waals surface area contributed by atoms with Crippen LogP contribution >= 0.6 is 11.3 Å². The second kappa shape index (κ2) is 7.90. The smallest absolute Gasteiger partial charge is 0.229 e. The van der Waals surface area contributed by atoms with Gasteiger partial charge in [-0.05, 0) is 57.5 Å². The summed E-state index contributed by atoms with van der Waals surface area (Å²) < 4.78 is 0. The fourth-order valence-corrected chi connectivity index (χ4v) is 4.15. The van der Waals surface area contributed by atoms with Crippen LogP contribution in [0.15, 0.2) is 24.3 Å². The van der Waals surface area contributed by atoms with E-state index in [0.717, 1.165) is 27.8 Å². The highest BCUT2D eigenvalue weighted by Gasteiger charge is 2.12. The molecule has 128 valence electrons. The summed E-state index contributed by atoms with van der Waals surface area (Å²) in [5, 5.41) is 4.04. The van der Waals surface area contributed by atoms with Crippen LogP contribution in [0.1, 0.15) is 40.4 Å². The molecular formula is C19H25N3OS. The first-order chi connectivity index (χ1) is 11.6. The Morgan fingerprint density at radius 2 is 2.04 bits per heavy atom. The number of benzene rings is 1. The molecule has 3 rings (SSSR count). The molecule has 1 N–H and O–H groups in total. The molecular weight excluding hydrogens is 318 g/mol. The topological polar surface area (TPSA) is 45.2 Å². The number of piperidine rings is 1. The van der Waals surface area contributed by atoms with Crippen molar-refractivity contribution in [2.45, 2.75) is 46.1 Å². The van der Waals surface area contributed by atoms with E-state index in [2.05, 4.69) is 27.3 Å². The number of aromatic nitrogens is 1. The lowest BCUT2D eigenvalue weighted by Crippen LogP contribution is -2.29. The Balaban J connectivity index is 1.59. The van der Waals surface area contributed by atoms with Crippen LogP contribution in [0.2, 0.25) is 0 Å². The maximum Gasteiger partial charge on any atom is 0.229 e. The summed E-state index contributed by atoms with van der Waals surface area (Å²) in [5.74, 6) is 0.0249. The number of carbonyl (C=O) groups is 1. The van der Waals surface area contributed by atoms with Crippen LogP contribution in [0.3, 0.4) is 0 Å². The van der Waals surface area contributed by atoms with Crippen molar-refractivity contribution in [3.63, 3.8) is 0 Å². The maximum absolute atomic E-state index is 12.3. The molecule has 4 nitrogen and oxygen atoms in total. The van der Waals surface area contributed by atoms with E-state index in [1.807, 2.05) is 26.0 Å². The summed E-state index contributed by atoms with van der Waals surface area (Å²) in [6.07, 6.45) is 4.34. The average molecular weight is 343 g/mol. The zero-order valence-electron chi connectivity index (χ0n) is 14.5. The first kappa shape index (κ1) is 17.1. The highest BCUT2D eigenvalue weighted by atomic mass is 32.1. The lowest BCUT2D eigenvalue weighted by Gasteiger charge is -2.26. The summed E-state index contributed by atoms with van der Waals surface area (Å²) >= 11 is 1.60. The van der Waals surface area contributed by atoms with E-state index in [-0.39, 0.29) is 5.91 Å². The minimum atomic E-state index is 0.0249. The summed E-state index contributed by atoms with van der Waals surface area (Å²) in [7, 11) is 0. The largest absolute Gasteiger partial charge is 0.326 e. The lowest BCUT2D eigenvalue weighted by molar-refractivity contribution is -0.115. The predicted octanol–water partition coefficient (Wildman–Crippen LogP) is 3.93. The molecule has 1 aromatic heterocycles. The number of carbonyl (C=O) groups excluding carboxylic acids is 1.